The van der Waals surface area contributed by atoms with Gasteiger partial charge >= 0.3 is 0 Å². The van der Waals surface area contributed by atoms with Crippen LogP contribution in [0.25, 0.3) is 10.8 Å². The van der Waals surface area contributed by atoms with E-state index < -0.39 is 6.10 Å². The topological polar surface area (TPSA) is 41.5 Å². The Morgan fingerprint density at radius 2 is 1.74 bits per heavy atom. The van der Waals surface area contributed by atoms with Gasteiger partial charge in [0.1, 0.15) is 18.5 Å². The third kappa shape index (κ3) is 4.95. The lowest BCUT2D eigenvalue weighted by Gasteiger charge is -2.19. The molecule has 3 nitrogen and oxygen atoms in total. The Bertz CT molecular complexity index is 605. The monoisotopic (exact) mass is 313 g/mol. The molecule has 2 aromatic carbocycles. The Labute approximate surface area is 138 Å². The van der Waals surface area contributed by atoms with Crippen LogP contribution in [0.1, 0.15) is 38.5 Å². The number of hydrogen-bond donors (Lipinski definition) is 2. The molecule has 0 heterocycles. The van der Waals surface area contributed by atoms with E-state index in [1.165, 1.54) is 43.9 Å². The molecule has 0 saturated heterocycles. The van der Waals surface area contributed by atoms with Crippen LogP contribution in [-0.2, 0) is 0 Å². The number of aliphatic hydroxyl groups excluding tert-OH is 1. The van der Waals surface area contributed by atoms with Gasteiger partial charge in [-0.1, -0.05) is 56.0 Å². The van der Waals surface area contributed by atoms with Gasteiger partial charge in [0.25, 0.3) is 0 Å². The molecule has 0 aromatic heterocycles. The molecule has 124 valence electrons. The highest BCUT2D eigenvalue weighted by Gasteiger charge is 2.13. The number of rotatable bonds is 6. The smallest absolute Gasteiger partial charge is 0.120 e. The number of hydrogen-bond acceptors (Lipinski definition) is 3. The molecule has 1 aliphatic rings. The second-order valence-corrected chi connectivity index (χ2v) is 6.57. The van der Waals surface area contributed by atoms with Crippen LogP contribution in [0, 0.1) is 0 Å². The lowest BCUT2D eigenvalue weighted by molar-refractivity contribution is 0.103. The van der Waals surface area contributed by atoms with Crippen LogP contribution in [0.15, 0.2) is 42.5 Å². The first-order chi connectivity index (χ1) is 11.3. The number of aliphatic hydroxyl groups is 1. The van der Waals surface area contributed by atoms with Crippen molar-refractivity contribution >= 4 is 10.8 Å². The predicted octanol–water partition coefficient (Wildman–Crippen LogP) is 3.89. The van der Waals surface area contributed by atoms with Crippen molar-refractivity contribution in [2.75, 3.05) is 13.2 Å². The maximum atomic E-state index is 10.1. The molecule has 3 rings (SSSR count). The zero-order valence-corrected chi connectivity index (χ0v) is 13.7. The summed E-state index contributed by atoms with van der Waals surface area (Å²) in [7, 11) is 0. The molecule has 2 aromatic rings. The maximum Gasteiger partial charge on any atom is 0.120 e. The van der Waals surface area contributed by atoms with Crippen LogP contribution < -0.4 is 10.1 Å². The second kappa shape index (κ2) is 8.32. The fraction of sp³-hybridized carbons (Fsp3) is 0.500. The number of fused-ring (bicyclic) bond motifs is 1. The molecule has 3 heteroatoms. The highest BCUT2D eigenvalue weighted by molar-refractivity contribution is 5.83. The standard InChI is InChI=1S/C20H27NO2/c22-19(14-21-18-9-3-1-2-4-10-18)15-23-20-12-11-16-7-5-6-8-17(16)13-20/h5-8,11-13,18-19,21-22H,1-4,9-10,14-15H2/t19-/m0/s1. The summed E-state index contributed by atoms with van der Waals surface area (Å²) in [6, 6.07) is 14.8. The zero-order chi connectivity index (χ0) is 15.9. The molecule has 0 spiro atoms. The average Bonchev–Trinajstić information content (AvgIpc) is 2.87. The Morgan fingerprint density at radius 3 is 2.52 bits per heavy atom. The van der Waals surface area contributed by atoms with Gasteiger partial charge in [-0.15, -0.1) is 0 Å². The van der Waals surface area contributed by atoms with E-state index in [0.29, 0.717) is 19.2 Å². The van der Waals surface area contributed by atoms with Gasteiger partial charge in [0, 0.05) is 12.6 Å². The second-order valence-electron chi connectivity index (χ2n) is 6.57. The third-order valence-corrected chi connectivity index (χ3v) is 4.66. The Balaban J connectivity index is 1.44. The summed E-state index contributed by atoms with van der Waals surface area (Å²) in [5, 5.41) is 16.0. The van der Waals surface area contributed by atoms with E-state index in [1.54, 1.807) is 0 Å². The van der Waals surface area contributed by atoms with Crippen LogP contribution in [0.4, 0.5) is 0 Å². The molecule has 1 aliphatic carbocycles. The van der Waals surface area contributed by atoms with Gasteiger partial charge in [-0.3, -0.25) is 0 Å². The average molecular weight is 313 g/mol. The largest absolute Gasteiger partial charge is 0.491 e. The first-order valence-electron chi connectivity index (χ1n) is 8.84. The van der Waals surface area contributed by atoms with Crippen molar-refractivity contribution in [1.29, 1.82) is 0 Å². The van der Waals surface area contributed by atoms with E-state index in [-0.39, 0.29) is 0 Å². The molecule has 1 fully saturated rings. The summed E-state index contributed by atoms with van der Waals surface area (Å²) in [5.41, 5.74) is 0. The van der Waals surface area contributed by atoms with E-state index >= 15 is 0 Å². The predicted molar refractivity (Wildman–Crippen MR) is 94.9 cm³/mol. The molecular weight excluding hydrogens is 286 g/mol. The maximum absolute atomic E-state index is 10.1. The van der Waals surface area contributed by atoms with Crippen molar-refractivity contribution in [3.05, 3.63) is 42.5 Å². The van der Waals surface area contributed by atoms with Crippen LogP contribution in [-0.4, -0.2) is 30.4 Å². The SMILES string of the molecule is O[C@@H](CNC1CCCCCC1)COc1ccc2ccccc2c1. The minimum absolute atomic E-state index is 0.331. The fourth-order valence-corrected chi connectivity index (χ4v) is 3.29. The molecule has 0 bridgehead atoms. The van der Waals surface area contributed by atoms with E-state index in [2.05, 4.69) is 23.5 Å². The lowest BCUT2D eigenvalue weighted by Crippen LogP contribution is -2.37. The Kier molecular flexibility index (Phi) is 5.89. The molecule has 0 amide bonds. The van der Waals surface area contributed by atoms with Gasteiger partial charge in [-0.25, -0.2) is 0 Å². The molecule has 2 N–H and O–H groups in total. The van der Waals surface area contributed by atoms with Gasteiger partial charge in [0.15, 0.2) is 0 Å². The summed E-state index contributed by atoms with van der Waals surface area (Å²) < 4.78 is 5.75. The van der Waals surface area contributed by atoms with E-state index in [4.69, 9.17) is 4.74 Å². The molecule has 1 saturated carbocycles. The normalized spacial score (nSPS) is 17.8. The first kappa shape index (κ1) is 16.3. The first-order valence-corrected chi connectivity index (χ1v) is 8.84. The molecular formula is C20H27NO2. The van der Waals surface area contributed by atoms with Crippen molar-refractivity contribution in [2.24, 2.45) is 0 Å². The van der Waals surface area contributed by atoms with Gasteiger partial charge in [0.05, 0.1) is 0 Å². The summed E-state index contributed by atoms with van der Waals surface area (Å²) in [5.74, 6) is 0.817. The summed E-state index contributed by atoms with van der Waals surface area (Å²) in [4.78, 5) is 0. The number of nitrogens with one attached hydrogen (secondary N) is 1. The van der Waals surface area contributed by atoms with Crippen molar-refractivity contribution in [1.82, 2.24) is 5.32 Å². The van der Waals surface area contributed by atoms with Gasteiger partial charge < -0.3 is 15.2 Å². The van der Waals surface area contributed by atoms with Crippen LogP contribution in [0.3, 0.4) is 0 Å². The molecule has 23 heavy (non-hydrogen) atoms. The third-order valence-electron chi connectivity index (χ3n) is 4.66. The minimum Gasteiger partial charge on any atom is -0.491 e. The Hall–Kier alpha value is -1.58. The van der Waals surface area contributed by atoms with Crippen LogP contribution in [0.5, 0.6) is 5.75 Å². The molecule has 0 aliphatic heterocycles. The fourth-order valence-electron chi connectivity index (χ4n) is 3.29. The van der Waals surface area contributed by atoms with Gasteiger partial charge in [-0.2, -0.15) is 0 Å². The van der Waals surface area contributed by atoms with E-state index in [0.717, 1.165) is 11.1 Å². The summed E-state index contributed by atoms with van der Waals surface area (Å²) in [6.45, 7) is 0.941. The Morgan fingerprint density at radius 1 is 1.00 bits per heavy atom. The van der Waals surface area contributed by atoms with Crippen LogP contribution in [0.2, 0.25) is 0 Å². The summed E-state index contributed by atoms with van der Waals surface area (Å²) in [6.07, 6.45) is 7.32. The van der Waals surface area contributed by atoms with Crippen molar-refractivity contribution in [2.45, 2.75) is 50.7 Å². The highest BCUT2D eigenvalue weighted by Crippen LogP contribution is 2.21. The number of benzene rings is 2. The van der Waals surface area contributed by atoms with Crippen LogP contribution >= 0.6 is 0 Å². The van der Waals surface area contributed by atoms with Gasteiger partial charge in [0.2, 0.25) is 0 Å². The van der Waals surface area contributed by atoms with E-state index in [1.807, 2.05) is 24.3 Å². The summed E-state index contributed by atoms with van der Waals surface area (Å²) >= 11 is 0. The minimum atomic E-state index is -0.468. The van der Waals surface area contributed by atoms with Crippen molar-refractivity contribution in [3.8, 4) is 5.75 Å². The molecule has 0 radical (unpaired) electrons. The van der Waals surface area contributed by atoms with E-state index in [9.17, 15) is 5.11 Å². The van der Waals surface area contributed by atoms with Gasteiger partial charge in [-0.05, 0) is 35.7 Å². The number of ether oxygens (including phenoxy) is 1. The zero-order valence-electron chi connectivity index (χ0n) is 13.7. The van der Waals surface area contributed by atoms with Crippen molar-refractivity contribution < 1.29 is 9.84 Å². The quantitative estimate of drug-likeness (QED) is 0.795. The molecule has 1 atom stereocenters. The lowest BCUT2D eigenvalue weighted by atomic mass is 10.1. The molecule has 0 unspecified atom stereocenters. The van der Waals surface area contributed by atoms with Crippen molar-refractivity contribution in [3.63, 3.8) is 0 Å². The highest BCUT2D eigenvalue weighted by atomic mass is 16.5.